The lowest BCUT2D eigenvalue weighted by Crippen LogP contribution is -2.34. The molecule has 0 amide bonds. The molecule has 0 spiro atoms. The zero-order valence-corrected chi connectivity index (χ0v) is 10.7. The maximum Gasteiger partial charge on any atom is 0.0768 e. The van der Waals surface area contributed by atoms with Gasteiger partial charge < -0.3 is 10.6 Å². The van der Waals surface area contributed by atoms with Gasteiger partial charge in [-0.25, -0.2) is 0 Å². The summed E-state index contributed by atoms with van der Waals surface area (Å²) in [6.07, 6.45) is 2.50. The van der Waals surface area contributed by atoms with Crippen molar-refractivity contribution in [1.29, 1.82) is 0 Å². The molecule has 0 aliphatic carbocycles. The van der Waals surface area contributed by atoms with Crippen molar-refractivity contribution < 1.29 is 0 Å². The van der Waals surface area contributed by atoms with E-state index in [0.717, 1.165) is 19.0 Å². The van der Waals surface area contributed by atoms with Crippen LogP contribution in [0.25, 0.3) is 0 Å². The van der Waals surface area contributed by atoms with E-state index in [1.807, 2.05) is 0 Å². The standard InChI is InChI=1S/C11H24N2S/c1-5-10(6-2)8-13(4)7-9(3)11(12)14/h9-10H,5-8H2,1-4H3,(H2,12,14). The molecule has 0 fully saturated rings. The molecule has 14 heavy (non-hydrogen) atoms. The maximum atomic E-state index is 5.58. The first-order chi connectivity index (χ1) is 6.51. The summed E-state index contributed by atoms with van der Waals surface area (Å²) in [5.74, 6) is 1.13. The Labute approximate surface area is 93.8 Å². The molecule has 84 valence electrons. The topological polar surface area (TPSA) is 29.3 Å². The van der Waals surface area contributed by atoms with E-state index in [1.54, 1.807) is 0 Å². The Morgan fingerprint density at radius 3 is 2.14 bits per heavy atom. The third-order valence-electron chi connectivity index (χ3n) is 2.80. The zero-order chi connectivity index (χ0) is 11.1. The second kappa shape index (κ2) is 7.18. The molecule has 0 radical (unpaired) electrons. The van der Waals surface area contributed by atoms with Crippen molar-refractivity contribution in [2.24, 2.45) is 17.6 Å². The van der Waals surface area contributed by atoms with E-state index in [1.165, 1.54) is 12.8 Å². The lowest BCUT2D eigenvalue weighted by atomic mass is 10.0. The van der Waals surface area contributed by atoms with Crippen LogP contribution in [0.3, 0.4) is 0 Å². The Hall–Kier alpha value is -0.150. The first-order valence-electron chi connectivity index (χ1n) is 5.49. The van der Waals surface area contributed by atoms with Crippen molar-refractivity contribution in [3.63, 3.8) is 0 Å². The molecule has 0 saturated carbocycles. The summed E-state index contributed by atoms with van der Waals surface area (Å²) in [6.45, 7) is 8.72. The summed E-state index contributed by atoms with van der Waals surface area (Å²) < 4.78 is 0. The van der Waals surface area contributed by atoms with Crippen LogP contribution in [0.5, 0.6) is 0 Å². The van der Waals surface area contributed by atoms with Crippen LogP contribution >= 0.6 is 12.2 Å². The fourth-order valence-electron chi connectivity index (χ4n) is 1.62. The normalized spacial score (nSPS) is 13.6. The molecule has 0 aliphatic rings. The van der Waals surface area contributed by atoms with Crippen LogP contribution in [0.2, 0.25) is 0 Å². The molecule has 1 atom stereocenters. The molecule has 2 N–H and O–H groups in total. The van der Waals surface area contributed by atoms with Crippen LogP contribution in [0.15, 0.2) is 0 Å². The SMILES string of the molecule is CCC(CC)CN(C)CC(C)C(N)=S. The largest absolute Gasteiger partial charge is 0.393 e. The van der Waals surface area contributed by atoms with Gasteiger partial charge in [0.1, 0.15) is 0 Å². The molecule has 2 nitrogen and oxygen atoms in total. The van der Waals surface area contributed by atoms with Gasteiger partial charge in [0, 0.05) is 19.0 Å². The van der Waals surface area contributed by atoms with Crippen molar-refractivity contribution in [3.8, 4) is 0 Å². The maximum absolute atomic E-state index is 5.58. The Bertz CT molecular complexity index is 167. The van der Waals surface area contributed by atoms with Crippen LogP contribution in [0, 0.1) is 11.8 Å². The summed E-state index contributed by atoms with van der Waals surface area (Å²) in [6, 6.07) is 0. The van der Waals surface area contributed by atoms with Crippen LogP contribution in [-0.2, 0) is 0 Å². The summed E-state index contributed by atoms with van der Waals surface area (Å²) in [5.41, 5.74) is 5.58. The van der Waals surface area contributed by atoms with Crippen molar-refractivity contribution in [3.05, 3.63) is 0 Å². The Morgan fingerprint density at radius 1 is 1.29 bits per heavy atom. The highest BCUT2D eigenvalue weighted by Crippen LogP contribution is 2.10. The lowest BCUT2D eigenvalue weighted by molar-refractivity contribution is 0.255. The van der Waals surface area contributed by atoms with Gasteiger partial charge in [0.2, 0.25) is 0 Å². The van der Waals surface area contributed by atoms with Gasteiger partial charge in [0.25, 0.3) is 0 Å². The highest BCUT2D eigenvalue weighted by Gasteiger charge is 2.11. The second-order valence-electron chi connectivity index (χ2n) is 4.21. The second-order valence-corrected chi connectivity index (χ2v) is 4.68. The molecule has 0 rings (SSSR count). The van der Waals surface area contributed by atoms with Crippen LogP contribution < -0.4 is 5.73 Å². The van der Waals surface area contributed by atoms with Gasteiger partial charge in [0.05, 0.1) is 4.99 Å². The summed E-state index contributed by atoms with van der Waals surface area (Å²) in [7, 11) is 2.15. The molecular weight excluding hydrogens is 192 g/mol. The minimum Gasteiger partial charge on any atom is -0.393 e. The molecule has 0 bridgehead atoms. The van der Waals surface area contributed by atoms with Gasteiger partial charge in [-0.05, 0) is 13.0 Å². The van der Waals surface area contributed by atoms with Crippen LogP contribution in [0.1, 0.15) is 33.6 Å². The quantitative estimate of drug-likeness (QED) is 0.662. The monoisotopic (exact) mass is 216 g/mol. The molecule has 0 heterocycles. The third-order valence-corrected chi connectivity index (χ3v) is 3.20. The number of hydrogen-bond donors (Lipinski definition) is 1. The average Bonchev–Trinajstić information content (AvgIpc) is 2.13. The third kappa shape index (κ3) is 5.55. The molecule has 0 aromatic carbocycles. The summed E-state index contributed by atoms with van der Waals surface area (Å²) in [4.78, 5) is 2.96. The van der Waals surface area contributed by atoms with Gasteiger partial charge in [-0.15, -0.1) is 0 Å². The van der Waals surface area contributed by atoms with Gasteiger partial charge in [-0.2, -0.15) is 0 Å². The number of nitrogens with two attached hydrogens (primary N) is 1. The van der Waals surface area contributed by atoms with Crippen LogP contribution in [-0.4, -0.2) is 30.0 Å². The van der Waals surface area contributed by atoms with E-state index in [2.05, 4.69) is 32.7 Å². The predicted molar refractivity (Wildman–Crippen MR) is 67.5 cm³/mol. The summed E-state index contributed by atoms with van der Waals surface area (Å²) in [5, 5.41) is 0. The lowest BCUT2D eigenvalue weighted by Gasteiger charge is -2.24. The zero-order valence-electron chi connectivity index (χ0n) is 9.92. The van der Waals surface area contributed by atoms with E-state index in [-0.39, 0.29) is 0 Å². The fourth-order valence-corrected chi connectivity index (χ4v) is 1.69. The fraction of sp³-hybridized carbons (Fsp3) is 0.909. The van der Waals surface area contributed by atoms with Crippen molar-refractivity contribution in [2.45, 2.75) is 33.6 Å². The number of hydrogen-bond acceptors (Lipinski definition) is 2. The Kier molecular flexibility index (Phi) is 7.11. The molecule has 0 aromatic rings. The van der Waals surface area contributed by atoms with Crippen molar-refractivity contribution in [2.75, 3.05) is 20.1 Å². The van der Waals surface area contributed by atoms with E-state index in [9.17, 15) is 0 Å². The number of nitrogens with zero attached hydrogens (tertiary/aromatic N) is 1. The van der Waals surface area contributed by atoms with E-state index >= 15 is 0 Å². The summed E-state index contributed by atoms with van der Waals surface area (Å²) >= 11 is 4.96. The molecule has 3 heteroatoms. The first-order valence-corrected chi connectivity index (χ1v) is 5.89. The Balaban J connectivity index is 3.84. The minimum atomic E-state index is 0.323. The predicted octanol–water partition coefficient (Wildman–Crippen LogP) is 2.28. The number of rotatable bonds is 7. The van der Waals surface area contributed by atoms with Gasteiger partial charge in [-0.3, -0.25) is 0 Å². The first kappa shape index (κ1) is 13.8. The molecule has 0 saturated heterocycles. The van der Waals surface area contributed by atoms with Gasteiger partial charge in [-0.1, -0.05) is 45.8 Å². The molecule has 0 aliphatic heterocycles. The highest BCUT2D eigenvalue weighted by atomic mass is 32.1. The minimum absolute atomic E-state index is 0.323. The Morgan fingerprint density at radius 2 is 1.79 bits per heavy atom. The average molecular weight is 216 g/mol. The van der Waals surface area contributed by atoms with E-state index in [0.29, 0.717) is 10.9 Å². The van der Waals surface area contributed by atoms with Crippen LogP contribution in [0.4, 0.5) is 0 Å². The number of thiocarbonyl (C=S) groups is 1. The highest BCUT2D eigenvalue weighted by molar-refractivity contribution is 7.80. The van der Waals surface area contributed by atoms with Gasteiger partial charge in [0.15, 0.2) is 0 Å². The van der Waals surface area contributed by atoms with E-state index in [4.69, 9.17) is 18.0 Å². The van der Waals surface area contributed by atoms with Crippen molar-refractivity contribution >= 4 is 17.2 Å². The molecular formula is C11H24N2S. The van der Waals surface area contributed by atoms with Crippen molar-refractivity contribution in [1.82, 2.24) is 4.90 Å². The van der Waals surface area contributed by atoms with Gasteiger partial charge >= 0.3 is 0 Å². The molecule has 1 unspecified atom stereocenters. The smallest absolute Gasteiger partial charge is 0.0768 e. The van der Waals surface area contributed by atoms with E-state index < -0.39 is 0 Å². The molecule has 0 aromatic heterocycles.